The fourth-order valence-electron chi connectivity index (χ4n) is 0.871. The summed E-state index contributed by atoms with van der Waals surface area (Å²) in [5.41, 5.74) is -0.609. The summed E-state index contributed by atoms with van der Waals surface area (Å²) >= 11 is 0. The molecule has 0 atom stereocenters. The maximum absolute atomic E-state index is 12.1. The molecule has 0 aromatic carbocycles. The first-order chi connectivity index (χ1) is 6.97. The van der Waals surface area contributed by atoms with Gasteiger partial charge < -0.3 is 14.9 Å². The van der Waals surface area contributed by atoms with E-state index in [0.29, 0.717) is 6.20 Å². The van der Waals surface area contributed by atoms with Crippen molar-refractivity contribution in [1.29, 1.82) is 0 Å². The highest BCUT2D eigenvalue weighted by atomic mass is 19.3. The Labute approximate surface area is 81.4 Å². The molecule has 0 aliphatic carbocycles. The number of nitro groups is 1. The van der Waals surface area contributed by atoms with E-state index in [1.54, 1.807) is 0 Å². The largest absolute Gasteiger partial charge is 0.465 e. The molecule has 1 aromatic heterocycles. The number of ether oxygens (including phenoxy) is 1. The Morgan fingerprint density at radius 1 is 1.73 bits per heavy atom. The van der Waals surface area contributed by atoms with Crippen molar-refractivity contribution >= 4 is 11.8 Å². The molecule has 0 aliphatic rings. The molecule has 0 aliphatic heterocycles. The van der Waals surface area contributed by atoms with E-state index in [1.807, 2.05) is 0 Å². The summed E-state index contributed by atoms with van der Waals surface area (Å²) in [6.07, 6.45) is 0.564. The zero-order valence-corrected chi connectivity index (χ0v) is 7.39. The minimum absolute atomic E-state index is 0.0182. The van der Waals surface area contributed by atoms with Crippen molar-refractivity contribution in [2.24, 2.45) is 0 Å². The summed E-state index contributed by atoms with van der Waals surface area (Å²) in [6.45, 7) is -3.05. The minimum atomic E-state index is -3.05. The van der Waals surface area contributed by atoms with Crippen LogP contribution in [0.5, 0.6) is 0 Å². The van der Waals surface area contributed by atoms with Gasteiger partial charge in [-0.15, -0.1) is 4.68 Å². The number of methoxy groups -OCH3 is 1. The van der Waals surface area contributed by atoms with Gasteiger partial charge in [0, 0.05) is 0 Å². The number of carbonyl (C=O) groups is 1. The molecule has 0 saturated carbocycles. The van der Waals surface area contributed by atoms with Crippen molar-refractivity contribution in [3.8, 4) is 0 Å². The number of nitrogens with zero attached hydrogens (tertiary/aromatic N) is 3. The number of carbonyl (C=O) groups excluding carboxylic acids is 1. The SMILES string of the molecule is COC(=O)c1cn(C(F)F)nc1[N+](=O)[O-]. The average Bonchev–Trinajstić information content (AvgIpc) is 2.61. The van der Waals surface area contributed by atoms with Crippen LogP contribution in [0.15, 0.2) is 6.20 Å². The highest BCUT2D eigenvalue weighted by molar-refractivity contribution is 5.92. The summed E-state index contributed by atoms with van der Waals surface area (Å²) in [7, 11) is 0.978. The van der Waals surface area contributed by atoms with Crippen LogP contribution >= 0.6 is 0 Å². The van der Waals surface area contributed by atoms with Crippen molar-refractivity contribution in [1.82, 2.24) is 9.78 Å². The molecule has 15 heavy (non-hydrogen) atoms. The van der Waals surface area contributed by atoms with Gasteiger partial charge in [-0.1, -0.05) is 0 Å². The Kier molecular flexibility index (Phi) is 2.93. The van der Waals surface area contributed by atoms with Gasteiger partial charge in [0.05, 0.1) is 18.4 Å². The second kappa shape index (κ2) is 3.98. The van der Waals surface area contributed by atoms with Crippen molar-refractivity contribution in [3.05, 3.63) is 21.9 Å². The molecule has 0 unspecified atom stereocenters. The fourth-order valence-corrected chi connectivity index (χ4v) is 0.871. The number of alkyl halides is 2. The van der Waals surface area contributed by atoms with Crippen LogP contribution in [0.4, 0.5) is 14.6 Å². The molecule has 0 radical (unpaired) electrons. The van der Waals surface area contributed by atoms with E-state index in [-0.39, 0.29) is 4.68 Å². The van der Waals surface area contributed by atoms with Gasteiger partial charge in [-0.05, 0) is 4.92 Å². The molecule has 9 heteroatoms. The number of halogens is 2. The number of esters is 1. The standard InChI is InChI=1S/C6H5F2N3O4/c1-15-5(12)3-2-10(6(7)8)9-4(3)11(13)14/h2,6H,1H3. The van der Waals surface area contributed by atoms with E-state index in [0.717, 1.165) is 7.11 Å². The summed E-state index contributed by atoms with van der Waals surface area (Å²) < 4.78 is 28.4. The molecule has 7 nitrogen and oxygen atoms in total. The molecule has 0 spiro atoms. The second-order valence-electron chi connectivity index (χ2n) is 2.37. The topological polar surface area (TPSA) is 87.3 Å². The maximum Gasteiger partial charge on any atom is 0.404 e. The van der Waals surface area contributed by atoms with Gasteiger partial charge in [-0.3, -0.25) is 0 Å². The zero-order chi connectivity index (χ0) is 11.6. The quantitative estimate of drug-likeness (QED) is 0.431. The highest BCUT2D eigenvalue weighted by Gasteiger charge is 2.29. The molecule has 0 N–H and O–H groups in total. The maximum atomic E-state index is 12.1. The molecule has 1 rings (SSSR count). The number of rotatable bonds is 3. The van der Waals surface area contributed by atoms with Gasteiger partial charge >= 0.3 is 18.3 Å². The smallest absolute Gasteiger partial charge is 0.404 e. The third kappa shape index (κ3) is 2.06. The third-order valence-electron chi connectivity index (χ3n) is 1.49. The lowest BCUT2D eigenvalue weighted by molar-refractivity contribution is -0.390. The Morgan fingerprint density at radius 3 is 2.73 bits per heavy atom. The molecule has 82 valence electrons. The monoisotopic (exact) mass is 221 g/mol. The zero-order valence-electron chi connectivity index (χ0n) is 7.39. The molecule has 0 saturated heterocycles. The first-order valence-electron chi connectivity index (χ1n) is 3.57. The van der Waals surface area contributed by atoms with Crippen molar-refractivity contribution in [2.75, 3.05) is 7.11 Å². The second-order valence-corrected chi connectivity index (χ2v) is 2.37. The lowest BCUT2D eigenvalue weighted by atomic mass is 10.3. The summed E-state index contributed by atoms with van der Waals surface area (Å²) in [5, 5.41) is 13.3. The number of hydrogen-bond donors (Lipinski definition) is 0. The van der Waals surface area contributed by atoms with E-state index in [9.17, 15) is 23.7 Å². The van der Waals surface area contributed by atoms with Crippen molar-refractivity contribution < 1.29 is 23.2 Å². The summed E-state index contributed by atoms with van der Waals surface area (Å²) in [4.78, 5) is 20.3. The van der Waals surface area contributed by atoms with Gasteiger partial charge in [0.2, 0.25) is 0 Å². The van der Waals surface area contributed by atoms with E-state index < -0.39 is 28.8 Å². The lowest BCUT2D eigenvalue weighted by Crippen LogP contribution is -2.03. The van der Waals surface area contributed by atoms with Crippen LogP contribution < -0.4 is 0 Å². The normalized spacial score (nSPS) is 10.4. The Balaban J connectivity index is 3.23. The van der Waals surface area contributed by atoms with Gasteiger partial charge in [-0.2, -0.15) is 8.78 Å². The van der Waals surface area contributed by atoms with Crippen LogP contribution in [0.2, 0.25) is 0 Å². The van der Waals surface area contributed by atoms with E-state index >= 15 is 0 Å². The predicted octanol–water partition coefficient (Wildman–Crippen LogP) is 0.973. The first-order valence-corrected chi connectivity index (χ1v) is 3.57. The Hall–Kier alpha value is -2.06. The van der Waals surface area contributed by atoms with Crippen LogP contribution in [0.3, 0.4) is 0 Å². The summed E-state index contributed by atoms with van der Waals surface area (Å²) in [5.74, 6) is -2.05. The minimum Gasteiger partial charge on any atom is -0.465 e. The lowest BCUT2D eigenvalue weighted by Gasteiger charge is -1.93. The van der Waals surface area contributed by atoms with Gasteiger partial charge in [0.25, 0.3) is 0 Å². The highest BCUT2D eigenvalue weighted by Crippen LogP contribution is 2.20. The Bertz CT molecular complexity index is 403. The molecule has 0 fully saturated rings. The molecular formula is C6H5F2N3O4. The van der Waals surface area contributed by atoms with Crippen molar-refractivity contribution in [2.45, 2.75) is 6.55 Å². The van der Waals surface area contributed by atoms with E-state index in [4.69, 9.17) is 0 Å². The first kappa shape index (κ1) is 11.0. The van der Waals surface area contributed by atoms with Gasteiger partial charge in [0.15, 0.2) is 5.56 Å². The van der Waals surface area contributed by atoms with Crippen molar-refractivity contribution in [3.63, 3.8) is 0 Å². The molecule has 1 heterocycles. The summed E-state index contributed by atoms with van der Waals surface area (Å²) in [6, 6.07) is 0. The average molecular weight is 221 g/mol. The molecule has 0 bridgehead atoms. The van der Waals surface area contributed by atoms with E-state index in [1.165, 1.54) is 0 Å². The third-order valence-corrected chi connectivity index (χ3v) is 1.49. The van der Waals surface area contributed by atoms with Crippen LogP contribution in [0.1, 0.15) is 16.9 Å². The van der Waals surface area contributed by atoms with Crippen LogP contribution in [0, 0.1) is 10.1 Å². The van der Waals surface area contributed by atoms with Crippen LogP contribution in [0.25, 0.3) is 0 Å². The fraction of sp³-hybridized carbons (Fsp3) is 0.333. The molecule has 0 amide bonds. The van der Waals surface area contributed by atoms with Gasteiger partial charge in [0.1, 0.15) is 0 Å². The number of hydrogen-bond acceptors (Lipinski definition) is 5. The number of aromatic nitrogens is 2. The molecule has 1 aromatic rings. The van der Waals surface area contributed by atoms with Crippen LogP contribution in [-0.4, -0.2) is 27.8 Å². The Morgan fingerprint density at radius 2 is 2.33 bits per heavy atom. The van der Waals surface area contributed by atoms with Gasteiger partial charge in [-0.25, -0.2) is 4.79 Å². The van der Waals surface area contributed by atoms with Crippen LogP contribution in [-0.2, 0) is 4.74 Å². The predicted molar refractivity (Wildman–Crippen MR) is 41.5 cm³/mol. The molecular weight excluding hydrogens is 216 g/mol. The van der Waals surface area contributed by atoms with E-state index in [2.05, 4.69) is 9.84 Å².